The molecule has 2 aromatic heterocycles. The van der Waals surface area contributed by atoms with Crippen molar-refractivity contribution >= 4 is 5.82 Å². The van der Waals surface area contributed by atoms with Crippen LogP contribution in [-0.4, -0.2) is 51.0 Å². The monoisotopic (exact) mass is 392 g/mol. The topological polar surface area (TPSA) is 58.0 Å². The number of nitrogens with zero attached hydrogens (tertiary/aromatic N) is 6. The van der Waals surface area contributed by atoms with E-state index in [1.54, 1.807) is 9.80 Å². The predicted octanol–water partition coefficient (Wildman–Crippen LogP) is 2.63. The molecule has 1 saturated heterocycles. The van der Waals surface area contributed by atoms with Gasteiger partial charge in [0.15, 0.2) is 5.69 Å². The van der Waals surface area contributed by atoms with Crippen molar-refractivity contribution in [2.75, 3.05) is 31.1 Å². The number of alkyl halides is 6. The van der Waals surface area contributed by atoms with Gasteiger partial charge in [-0.1, -0.05) is 0 Å². The molecule has 0 N–H and O–H groups in total. The van der Waals surface area contributed by atoms with Crippen molar-refractivity contribution in [2.24, 2.45) is 0 Å². The Balaban J connectivity index is 1.65. The Kier molecular flexibility index (Phi) is 5.18. The molecule has 1 aliphatic rings. The van der Waals surface area contributed by atoms with Gasteiger partial charge in [-0.25, -0.2) is 15.0 Å². The van der Waals surface area contributed by atoms with Crippen LogP contribution in [0.2, 0.25) is 0 Å². The fraction of sp³-hybridized carbons (Fsp3) is 0.467. The first-order valence-corrected chi connectivity index (χ1v) is 7.88. The van der Waals surface area contributed by atoms with Gasteiger partial charge in [0.25, 0.3) is 0 Å². The van der Waals surface area contributed by atoms with E-state index in [0.717, 1.165) is 18.6 Å². The van der Waals surface area contributed by atoms with E-state index < -0.39 is 23.7 Å². The molecule has 0 amide bonds. The van der Waals surface area contributed by atoms with Crippen molar-refractivity contribution < 1.29 is 26.3 Å². The van der Waals surface area contributed by atoms with E-state index in [2.05, 4.69) is 19.9 Å². The number of anilines is 1. The van der Waals surface area contributed by atoms with Crippen molar-refractivity contribution in [3.63, 3.8) is 0 Å². The van der Waals surface area contributed by atoms with Gasteiger partial charge >= 0.3 is 12.4 Å². The van der Waals surface area contributed by atoms with Crippen molar-refractivity contribution in [1.29, 1.82) is 0 Å². The van der Waals surface area contributed by atoms with Crippen LogP contribution in [0.15, 0.2) is 24.8 Å². The highest BCUT2D eigenvalue weighted by molar-refractivity contribution is 5.40. The van der Waals surface area contributed by atoms with Crippen LogP contribution < -0.4 is 4.90 Å². The first kappa shape index (κ1) is 19.3. The molecule has 1 fully saturated rings. The Morgan fingerprint density at radius 3 is 2.11 bits per heavy atom. The average molecular weight is 392 g/mol. The smallest absolute Gasteiger partial charge is 0.354 e. The van der Waals surface area contributed by atoms with Crippen LogP contribution in [0.4, 0.5) is 32.2 Å². The fourth-order valence-electron chi connectivity index (χ4n) is 2.74. The van der Waals surface area contributed by atoms with Crippen molar-refractivity contribution in [1.82, 2.24) is 24.8 Å². The van der Waals surface area contributed by atoms with Gasteiger partial charge in [0, 0.05) is 51.2 Å². The molecule has 0 atom stereocenters. The van der Waals surface area contributed by atoms with Crippen LogP contribution in [0.5, 0.6) is 0 Å². The fourth-order valence-corrected chi connectivity index (χ4v) is 2.74. The molecule has 3 heterocycles. The molecular weight excluding hydrogens is 378 g/mol. The standard InChI is InChI=1S/C15H14F6N6/c16-14(17,18)11-7-12(25-9-24-11)27-5-3-26(4-6-27)8-10-13(15(19,20)21)23-2-1-22-10/h1-2,7,9H,3-6,8H2. The summed E-state index contributed by atoms with van der Waals surface area (Å²) in [5.74, 6) is 0.132. The second-order valence-corrected chi connectivity index (χ2v) is 5.87. The zero-order valence-electron chi connectivity index (χ0n) is 13.8. The van der Waals surface area contributed by atoms with E-state index in [0.29, 0.717) is 26.2 Å². The van der Waals surface area contributed by atoms with Gasteiger partial charge in [-0.3, -0.25) is 9.88 Å². The number of hydrogen-bond acceptors (Lipinski definition) is 6. The van der Waals surface area contributed by atoms with Crippen LogP contribution in [-0.2, 0) is 18.9 Å². The Labute approximate surface area is 149 Å². The summed E-state index contributed by atoms with van der Waals surface area (Å²) in [5, 5.41) is 0. The predicted molar refractivity (Wildman–Crippen MR) is 81.6 cm³/mol. The summed E-state index contributed by atoms with van der Waals surface area (Å²) in [6.07, 6.45) is -6.14. The van der Waals surface area contributed by atoms with E-state index in [9.17, 15) is 26.3 Å². The van der Waals surface area contributed by atoms with Crippen molar-refractivity contribution in [3.05, 3.63) is 41.9 Å². The summed E-state index contributed by atoms with van der Waals surface area (Å²) in [6, 6.07) is 0.861. The lowest BCUT2D eigenvalue weighted by atomic mass is 10.2. The molecule has 0 aliphatic carbocycles. The maximum Gasteiger partial charge on any atom is 0.435 e. The summed E-state index contributed by atoms with van der Waals surface area (Å²) in [6.45, 7) is 1.28. The lowest BCUT2D eigenvalue weighted by molar-refractivity contribution is -0.142. The number of halogens is 6. The van der Waals surface area contributed by atoms with Crippen LogP contribution in [0.25, 0.3) is 0 Å². The Hall–Kier alpha value is -2.50. The highest BCUT2D eigenvalue weighted by Crippen LogP contribution is 2.31. The number of rotatable bonds is 3. The van der Waals surface area contributed by atoms with E-state index in [1.807, 2.05) is 0 Å². The Bertz CT molecular complexity index is 785. The largest absolute Gasteiger partial charge is 0.435 e. The van der Waals surface area contributed by atoms with Gasteiger partial charge in [0.1, 0.15) is 17.8 Å². The van der Waals surface area contributed by atoms with E-state index in [-0.39, 0.29) is 18.1 Å². The quantitative estimate of drug-likeness (QED) is 0.749. The van der Waals surface area contributed by atoms with Gasteiger partial charge in [0.05, 0.1) is 5.69 Å². The number of piperazine rings is 1. The van der Waals surface area contributed by atoms with Gasteiger partial charge in [0.2, 0.25) is 0 Å². The zero-order valence-corrected chi connectivity index (χ0v) is 13.8. The zero-order chi connectivity index (χ0) is 19.7. The molecule has 6 nitrogen and oxygen atoms in total. The minimum Gasteiger partial charge on any atom is -0.354 e. The third-order valence-corrected chi connectivity index (χ3v) is 4.06. The van der Waals surface area contributed by atoms with Crippen LogP contribution in [0, 0.1) is 0 Å². The molecule has 1 aliphatic heterocycles. The van der Waals surface area contributed by atoms with Gasteiger partial charge < -0.3 is 4.90 Å². The molecule has 0 aromatic carbocycles. The molecule has 0 unspecified atom stereocenters. The molecule has 0 bridgehead atoms. The summed E-state index contributed by atoms with van der Waals surface area (Å²) < 4.78 is 77.2. The molecule has 0 radical (unpaired) electrons. The molecule has 0 spiro atoms. The number of hydrogen-bond donors (Lipinski definition) is 0. The van der Waals surface area contributed by atoms with Gasteiger partial charge in [-0.15, -0.1) is 0 Å². The first-order chi connectivity index (χ1) is 12.6. The normalized spacial score (nSPS) is 16.6. The molecule has 3 rings (SSSR count). The van der Waals surface area contributed by atoms with Gasteiger partial charge in [-0.2, -0.15) is 26.3 Å². The summed E-state index contributed by atoms with van der Waals surface area (Å²) >= 11 is 0. The second-order valence-electron chi connectivity index (χ2n) is 5.87. The average Bonchev–Trinajstić information content (AvgIpc) is 2.61. The van der Waals surface area contributed by atoms with Crippen molar-refractivity contribution in [2.45, 2.75) is 18.9 Å². The molecule has 0 saturated carbocycles. The maximum absolute atomic E-state index is 13.0. The van der Waals surface area contributed by atoms with Crippen LogP contribution in [0.1, 0.15) is 17.1 Å². The van der Waals surface area contributed by atoms with E-state index >= 15 is 0 Å². The Morgan fingerprint density at radius 2 is 1.48 bits per heavy atom. The SMILES string of the molecule is FC(F)(F)c1cc(N2CCN(Cc3nccnc3C(F)(F)F)CC2)ncn1. The van der Waals surface area contributed by atoms with Crippen LogP contribution in [0.3, 0.4) is 0 Å². The molecule has 2 aromatic rings. The molecule has 12 heteroatoms. The number of aromatic nitrogens is 4. The van der Waals surface area contributed by atoms with Crippen molar-refractivity contribution in [3.8, 4) is 0 Å². The maximum atomic E-state index is 13.0. The summed E-state index contributed by atoms with van der Waals surface area (Å²) in [5.41, 5.74) is -2.25. The van der Waals surface area contributed by atoms with E-state index in [1.165, 1.54) is 6.20 Å². The summed E-state index contributed by atoms with van der Waals surface area (Å²) in [7, 11) is 0. The van der Waals surface area contributed by atoms with Crippen LogP contribution >= 0.6 is 0 Å². The lowest BCUT2D eigenvalue weighted by Gasteiger charge is -2.35. The molecule has 27 heavy (non-hydrogen) atoms. The second kappa shape index (κ2) is 7.25. The van der Waals surface area contributed by atoms with E-state index in [4.69, 9.17) is 0 Å². The minimum atomic E-state index is -4.60. The lowest BCUT2D eigenvalue weighted by Crippen LogP contribution is -2.46. The Morgan fingerprint density at radius 1 is 0.815 bits per heavy atom. The highest BCUT2D eigenvalue weighted by atomic mass is 19.4. The summed E-state index contributed by atoms with van der Waals surface area (Å²) in [4.78, 5) is 17.6. The van der Waals surface area contributed by atoms with Gasteiger partial charge in [-0.05, 0) is 0 Å². The third kappa shape index (κ3) is 4.62. The minimum absolute atomic E-state index is 0.0475. The molecule has 146 valence electrons. The molecular formula is C15H14F6N6. The first-order valence-electron chi connectivity index (χ1n) is 7.88. The highest BCUT2D eigenvalue weighted by Gasteiger charge is 2.37. The third-order valence-electron chi connectivity index (χ3n) is 4.06.